The molecule has 0 amide bonds. The third-order valence-corrected chi connectivity index (χ3v) is 2.98. The van der Waals surface area contributed by atoms with Crippen LogP contribution in [0.4, 0.5) is 0 Å². The average Bonchev–Trinajstić information content (AvgIpc) is 2.32. The van der Waals surface area contributed by atoms with Crippen LogP contribution in [0.3, 0.4) is 0 Å². The number of rotatable bonds is 2. The van der Waals surface area contributed by atoms with E-state index in [4.69, 9.17) is 5.73 Å². The number of hydrogen-bond donors (Lipinski definition) is 2. The van der Waals surface area contributed by atoms with Crippen molar-refractivity contribution in [1.82, 2.24) is 0 Å². The predicted octanol–water partition coefficient (Wildman–Crippen LogP) is 3.20. The monoisotopic (exact) mass is 277 g/mol. The maximum absolute atomic E-state index is 9.77. The van der Waals surface area contributed by atoms with Gasteiger partial charge < -0.3 is 10.8 Å². The summed E-state index contributed by atoms with van der Waals surface area (Å²) in [6.45, 7) is 0. The van der Waals surface area contributed by atoms with Crippen LogP contribution < -0.4 is 5.73 Å². The molecule has 0 aromatic heterocycles. The largest absolute Gasteiger partial charge is 0.508 e. The fourth-order valence-electron chi connectivity index (χ4n) is 1.61. The van der Waals surface area contributed by atoms with Gasteiger partial charge in [0.05, 0.1) is 6.04 Å². The summed E-state index contributed by atoms with van der Waals surface area (Å²) in [6.07, 6.45) is 0. The number of aromatic hydroxyl groups is 1. The van der Waals surface area contributed by atoms with Crippen molar-refractivity contribution in [2.24, 2.45) is 5.73 Å². The average molecular weight is 278 g/mol. The van der Waals surface area contributed by atoms with Crippen LogP contribution in [0, 0.1) is 0 Å². The molecule has 3 heteroatoms. The van der Waals surface area contributed by atoms with E-state index >= 15 is 0 Å². The zero-order valence-corrected chi connectivity index (χ0v) is 10.2. The van der Waals surface area contributed by atoms with E-state index in [1.54, 1.807) is 12.1 Å². The Kier molecular flexibility index (Phi) is 3.27. The van der Waals surface area contributed by atoms with E-state index in [1.165, 1.54) is 0 Å². The molecule has 1 atom stereocenters. The van der Waals surface area contributed by atoms with Crippen LogP contribution in [0.25, 0.3) is 0 Å². The smallest absolute Gasteiger partial charge is 0.120 e. The highest BCUT2D eigenvalue weighted by atomic mass is 79.9. The van der Waals surface area contributed by atoms with E-state index in [9.17, 15) is 5.11 Å². The molecule has 1 unspecified atom stereocenters. The molecule has 3 N–H and O–H groups in total. The number of phenolic OH excluding ortho intramolecular Hbond substituents is 1. The van der Waals surface area contributed by atoms with Crippen molar-refractivity contribution in [3.63, 3.8) is 0 Å². The Hall–Kier alpha value is -1.32. The molecular weight excluding hydrogens is 266 g/mol. The molecule has 0 radical (unpaired) electrons. The predicted molar refractivity (Wildman–Crippen MR) is 68.3 cm³/mol. The summed E-state index contributed by atoms with van der Waals surface area (Å²) in [4.78, 5) is 0. The maximum Gasteiger partial charge on any atom is 0.120 e. The first-order valence-corrected chi connectivity index (χ1v) is 5.76. The molecular formula is C13H12BrNO. The Balaban J connectivity index is 2.41. The minimum absolute atomic E-state index is 0.222. The van der Waals surface area contributed by atoms with Crippen molar-refractivity contribution in [2.75, 3.05) is 0 Å². The zero-order chi connectivity index (χ0) is 11.5. The van der Waals surface area contributed by atoms with Crippen molar-refractivity contribution in [1.29, 1.82) is 0 Å². The van der Waals surface area contributed by atoms with E-state index in [1.807, 2.05) is 36.4 Å². The minimum atomic E-state index is -0.307. The Morgan fingerprint density at radius 1 is 1.06 bits per heavy atom. The van der Waals surface area contributed by atoms with Gasteiger partial charge in [0, 0.05) is 10.0 Å². The van der Waals surface area contributed by atoms with Crippen LogP contribution in [0.2, 0.25) is 0 Å². The van der Waals surface area contributed by atoms with Crippen LogP contribution in [0.1, 0.15) is 17.2 Å². The van der Waals surface area contributed by atoms with Gasteiger partial charge in [-0.3, -0.25) is 0 Å². The number of phenols is 1. The van der Waals surface area contributed by atoms with Gasteiger partial charge >= 0.3 is 0 Å². The molecule has 0 saturated heterocycles. The zero-order valence-electron chi connectivity index (χ0n) is 8.60. The maximum atomic E-state index is 9.77. The first kappa shape index (κ1) is 11.2. The Morgan fingerprint density at radius 2 is 1.75 bits per heavy atom. The van der Waals surface area contributed by atoms with Gasteiger partial charge in [-0.1, -0.05) is 46.3 Å². The highest BCUT2D eigenvalue weighted by Crippen LogP contribution is 2.29. The number of hydrogen-bond acceptors (Lipinski definition) is 2. The van der Waals surface area contributed by atoms with Gasteiger partial charge in [0.1, 0.15) is 5.75 Å². The van der Waals surface area contributed by atoms with Crippen LogP contribution in [-0.2, 0) is 0 Å². The van der Waals surface area contributed by atoms with Crippen LogP contribution in [-0.4, -0.2) is 5.11 Å². The number of halogens is 1. The lowest BCUT2D eigenvalue weighted by molar-refractivity contribution is 0.465. The SMILES string of the molecule is NC(c1ccccc1)c1cc(Br)ccc1O. The van der Waals surface area contributed by atoms with Gasteiger partial charge in [0.15, 0.2) is 0 Å². The molecule has 2 nitrogen and oxygen atoms in total. The van der Waals surface area contributed by atoms with Crippen LogP contribution in [0.15, 0.2) is 53.0 Å². The van der Waals surface area contributed by atoms with Gasteiger partial charge in [-0.05, 0) is 23.8 Å². The summed E-state index contributed by atoms with van der Waals surface area (Å²) < 4.78 is 0.909. The van der Waals surface area contributed by atoms with Crippen LogP contribution in [0.5, 0.6) is 5.75 Å². The van der Waals surface area contributed by atoms with E-state index in [-0.39, 0.29) is 11.8 Å². The lowest BCUT2D eigenvalue weighted by Gasteiger charge is -2.14. The van der Waals surface area contributed by atoms with Gasteiger partial charge in [-0.2, -0.15) is 0 Å². The standard InChI is InChI=1S/C13H12BrNO/c14-10-6-7-12(16)11(8-10)13(15)9-4-2-1-3-5-9/h1-8,13,16H,15H2. The lowest BCUT2D eigenvalue weighted by atomic mass is 9.99. The fourth-order valence-corrected chi connectivity index (χ4v) is 1.99. The summed E-state index contributed by atoms with van der Waals surface area (Å²) >= 11 is 3.37. The Bertz CT molecular complexity index is 485. The van der Waals surface area contributed by atoms with E-state index in [2.05, 4.69) is 15.9 Å². The molecule has 0 aliphatic carbocycles. The second-order valence-corrected chi connectivity index (χ2v) is 4.51. The van der Waals surface area contributed by atoms with Crippen molar-refractivity contribution in [3.8, 4) is 5.75 Å². The van der Waals surface area contributed by atoms with Gasteiger partial charge in [0.25, 0.3) is 0 Å². The molecule has 0 aliphatic heterocycles. The molecule has 2 rings (SSSR count). The highest BCUT2D eigenvalue weighted by Gasteiger charge is 2.12. The van der Waals surface area contributed by atoms with E-state index in [0.717, 1.165) is 15.6 Å². The molecule has 2 aromatic rings. The molecule has 0 fully saturated rings. The minimum Gasteiger partial charge on any atom is -0.508 e. The number of benzene rings is 2. The normalized spacial score (nSPS) is 12.4. The Morgan fingerprint density at radius 3 is 2.44 bits per heavy atom. The Labute approximate surface area is 103 Å². The third-order valence-electron chi connectivity index (χ3n) is 2.48. The molecule has 0 bridgehead atoms. The molecule has 0 heterocycles. The molecule has 0 saturated carbocycles. The van der Waals surface area contributed by atoms with E-state index in [0.29, 0.717) is 0 Å². The van der Waals surface area contributed by atoms with Crippen molar-refractivity contribution in [2.45, 2.75) is 6.04 Å². The van der Waals surface area contributed by atoms with Gasteiger partial charge in [-0.25, -0.2) is 0 Å². The lowest BCUT2D eigenvalue weighted by Crippen LogP contribution is -2.11. The third kappa shape index (κ3) is 2.26. The fraction of sp³-hybridized carbons (Fsp3) is 0.0769. The molecule has 16 heavy (non-hydrogen) atoms. The van der Waals surface area contributed by atoms with Crippen molar-refractivity contribution < 1.29 is 5.11 Å². The summed E-state index contributed by atoms with van der Waals surface area (Å²) in [6, 6.07) is 14.7. The highest BCUT2D eigenvalue weighted by molar-refractivity contribution is 9.10. The van der Waals surface area contributed by atoms with Crippen molar-refractivity contribution >= 4 is 15.9 Å². The number of nitrogens with two attached hydrogens (primary N) is 1. The van der Waals surface area contributed by atoms with Crippen molar-refractivity contribution in [3.05, 3.63) is 64.1 Å². The molecule has 0 spiro atoms. The molecule has 0 aliphatic rings. The summed E-state index contributed by atoms with van der Waals surface area (Å²) in [5.74, 6) is 0.222. The second-order valence-electron chi connectivity index (χ2n) is 3.59. The second kappa shape index (κ2) is 4.68. The van der Waals surface area contributed by atoms with E-state index < -0.39 is 0 Å². The quantitative estimate of drug-likeness (QED) is 0.886. The summed E-state index contributed by atoms with van der Waals surface area (Å²) in [5, 5.41) is 9.77. The van der Waals surface area contributed by atoms with Gasteiger partial charge in [-0.15, -0.1) is 0 Å². The van der Waals surface area contributed by atoms with Gasteiger partial charge in [0.2, 0.25) is 0 Å². The first-order valence-electron chi connectivity index (χ1n) is 4.97. The first-order chi connectivity index (χ1) is 7.68. The summed E-state index contributed by atoms with van der Waals surface area (Å²) in [5.41, 5.74) is 7.81. The molecule has 82 valence electrons. The molecule has 2 aromatic carbocycles. The summed E-state index contributed by atoms with van der Waals surface area (Å²) in [7, 11) is 0. The topological polar surface area (TPSA) is 46.2 Å². The van der Waals surface area contributed by atoms with Crippen LogP contribution >= 0.6 is 15.9 Å².